The highest BCUT2D eigenvalue weighted by molar-refractivity contribution is 5.68. The lowest BCUT2D eigenvalue weighted by molar-refractivity contribution is -0.137. The van der Waals surface area contributed by atoms with Gasteiger partial charge in [-0.05, 0) is 68.6 Å². The second-order valence-electron chi connectivity index (χ2n) is 8.10. The Morgan fingerprint density at radius 3 is 2.69 bits per heavy atom. The Morgan fingerprint density at radius 2 is 1.93 bits per heavy atom. The molecule has 0 amide bonds. The zero-order valence-electron chi connectivity index (χ0n) is 17.6. The number of nitrogens with one attached hydrogen (secondary N) is 1. The number of carboxylic acid groups (broad SMARTS) is 1. The molecule has 0 aromatic carbocycles. The third kappa shape index (κ3) is 6.24. The van der Waals surface area contributed by atoms with Crippen LogP contribution in [0, 0.1) is 13.8 Å². The van der Waals surface area contributed by atoms with Crippen LogP contribution in [0.3, 0.4) is 0 Å². The maximum absolute atomic E-state index is 11.2. The predicted octanol–water partition coefficient (Wildman–Crippen LogP) is 4.60. The molecule has 0 unspecified atom stereocenters. The van der Waals surface area contributed by atoms with Gasteiger partial charge in [0.05, 0.1) is 6.42 Å². The lowest BCUT2D eigenvalue weighted by atomic mass is 9.92. The topological polar surface area (TPSA) is 88.0 Å². The molecule has 3 rings (SSSR count). The molecule has 2 N–H and O–H groups in total. The predicted molar refractivity (Wildman–Crippen MR) is 114 cm³/mol. The lowest BCUT2D eigenvalue weighted by Crippen LogP contribution is -2.15. The van der Waals surface area contributed by atoms with Crippen molar-refractivity contribution in [3.63, 3.8) is 0 Å². The highest BCUT2D eigenvalue weighted by Gasteiger charge is 2.16. The first kappa shape index (κ1) is 21.2. The maximum atomic E-state index is 11.2. The Morgan fingerprint density at radius 1 is 1.17 bits per heavy atom. The molecule has 0 spiro atoms. The third-order valence-electron chi connectivity index (χ3n) is 5.72. The first-order chi connectivity index (χ1) is 14.0. The number of rotatable bonds is 10. The molecule has 0 aliphatic carbocycles. The zero-order chi connectivity index (χ0) is 20.6. The van der Waals surface area contributed by atoms with Crippen molar-refractivity contribution >= 4 is 11.8 Å². The number of carbonyl (C=O) groups is 1. The minimum Gasteiger partial charge on any atom is -0.481 e. The molecule has 1 atom stereocenters. The summed E-state index contributed by atoms with van der Waals surface area (Å²) in [6, 6.07) is 2.30. The minimum atomic E-state index is -0.766. The number of anilines is 1. The molecule has 156 valence electrons. The first-order valence-electron chi connectivity index (χ1n) is 10.8. The van der Waals surface area contributed by atoms with Crippen LogP contribution in [-0.2, 0) is 17.6 Å². The van der Waals surface area contributed by atoms with Gasteiger partial charge in [-0.25, -0.2) is 15.0 Å². The number of aliphatic carboxylic acids is 1. The van der Waals surface area contributed by atoms with E-state index >= 15 is 0 Å². The smallest absolute Gasteiger partial charge is 0.303 e. The van der Waals surface area contributed by atoms with E-state index in [0.717, 1.165) is 62.9 Å². The molecular formula is C23H32N4O2. The Kier molecular flexibility index (Phi) is 7.55. The van der Waals surface area contributed by atoms with Gasteiger partial charge >= 0.3 is 5.97 Å². The van der Waals surface area contributed by atoms with Crippen LogP contribution in [0.15, 0.2) is 18.5 Å². The molecule has 3 heterocycles. The van der Waals surface area contributed by atoms with E-state index in [4.69, 9.17) is 4.98 Å². The van der Waals surface area contributed by atoms with Crippen LogP contribution in [0.4, 0.5) is 5.82 Å². The van der Waals surface area contributed by atoms with Gasteiger partial charge in [-0.1, -0.05) is 25.3 Å². The summed E-state index contributed by atoms with van der Waals surface area (Å²) in [5, 5.41) is 12.6. The van der Waals surface area contributed by atoms with E-state index in [1.54, 1.807) is 12.4 Å². The van der Waals surface area contributed by atoms with E-state index in [0.29, 0.717) is 5.82 Å². The summed E-state index contributed by atoms with van der Waals surface area (Å²) < 4.78 is 0. The molecule has 6 nitrogen and oxygen atoms in total. The summed E-state index contributed by atoms with van der Waals surface area (Å²) in [5.74, 6) is 1.01. The molecule has 0 bridgehead atoms. The molecule has 0 saturated heterocycles. The van der Waals surface area contributed by atoms with Gasteiger partial charge < -0.3 is 10.4 Å². The van der Waals surface area contributed by atoms with E-state index in [9.17, 15) is 9.90 Å². The van der Waals surface area contributed by atoms with Crippen molar-refractivity contribution in [3.05, 3.63) is 46.7 Å². The number of fused-ring (bicyclic) bond motifs is 1. The largest absolute Gasteiger partial charge is 0.481 e. The number of carboxylic acids is 1. The van der Waals surface area contributed by atoms with E-state index < -0.39 is 5.97 Å². The normalized spacial score (nSPS) is 14.1. The van der Waals surface area contributed by atoms with Crippen molar-refractivity contribution in [2.45, 2.75) is 77.6 Å². The Labute approximate surface area is 173 Å². The fraction of sp³-hybridized carbons (Fsp3) is 0.565. The van der Waals surface area contributed by atoms with Gasteiger partial charge in [0.25, 0.3) is 0 Å². The summed E-state index contributed by atoms with van der Waals surface area (Å²) >= 11 is 0. The van der Waals surface area contributed by atoms with Gasteiger partial charge in [0.15, 0.2) is 0 Å². The molecule has 1 aliphatic rings. The van der Waals surface area contributed by atoms with Crippen molar-refractivity contribution in [3.8, 4) is 0 Å². The molecule has 0 radical (unpaired) electrons. The van der Waals surface area contributed by atoms with Gasteiger partial charge in [0.1, 0.15) is 11.6 Å². The van der Waals surface area contributed by atoms with Crippen LogP contribution >= 0.6 is 0 Å². The van der Waals surface area contributed by atoms with E-state index in [1.807, 2.05) is 6.92 Å². The van der Waals surface area contributed by atoms with Gasteiger partial charge in [0.2, 0.25) is 0 Å². The van der Waals surface area contributed by atoms with Crippen molar-refractivity contribution < 1.29 is 9.90 Å². The number of aromatic nitrogens is 3. The number of unbranched alkanes of at least 4 members (excludes halogenated alkanes) is 3. The quantitative estimate of drug-likeness (QED) is 0.571. The van der Waals surface area contributed by atoms with Gasteiger partial charge in [0, 0.05) is 24.6 Å². The van der Waals surface area contributed by atoms with E-state index in [2.05, 4.69) is 28.3 Å². The molecule has 0 fully saturated rings. The van der Waals surface area contributed by atoms with Crippen molar-refractivity contribution in [2.24, 2.45) is 0 Å². The summed E-state index contributed by atoms with van der Waals surface area (Å²) in [6.45, 7) is 5.02. The van der Waals surface area contributed by atoms with E-state index in [1.165, 1.54) is 23.2 Å². The Balaban J connectivity index is 1.43. The number of aryl methyl sites for hydroxylation is 4. The van der Waals surface area contributed by atoms with Crippen LogP contribution in [0.1, 0.15) is 79.1 Å². The van der Waals surface area contributed by atoms with Gasteiger partial charge in [-0.15, -0.1) is 0 Å². The van der Waals surface area contributed by atoms with Crippen LogP contribution in [0.25, 0.3) is 0 Å². The molecule has 6 heteroatoms. The number of nitrogens with zero attached hydrogens (tertiary/aromatic N) is 3. The second-order valence-corrected chi connectivity index (χ2v) is 8.10. The molecule has 2 aromatic heterocycles. The summed E-state index contributed by atoms with van der Waals surface area (Å²) in [4.78, 5) is 24.5. The number of pyridine rings is 1. The van der Waals surface area contributed by atoms with Crippen molar-refractivity contribution in [2.75, 3.05) is 11.9 Å². The summed E-state index contributed by atoms with van der Waals surface area (Å²) in [7, 11) is 0. The Bertz CT molecular complexity index is 820. The Hall–Kier alpha value is -2.50. The monoisotopic (exact) mass is 396 g/mol. The molecule has 0 saturated carbocycles. The second kappa shape index (κ2) is 10.3. The van der Waals surface area contributed by atoms with Crippen molar-refractivity contribution in [1.82, 2.24) is 15.0 Å². The van der Waals surface area contributed by atoms with Crippen molar-refractivity contribution in [1.29, 1.82) is 0 Å². The van der Waals surface area contributed by atoms with Crippen LogP contribution in [0.5, 0.6) is 0 Å². The molecule has 29 heavy (non-hydrogen) atoms. The molecule has 2 aromatic rings. The summed E-state index contributed by atoms with van der Waals surface area (Å²) in [6.07, 6.45) is 12.2. The maximum Gasteiger partial charge on any atom is 0.303 e. The highest BCUT2D eigenvalue weighted by Crippen LogP contribution is 2.26. The first-order valence-corrected chi connectivity index (χ1v) is 10.8. The summed E-state index contributed by atoms with van der Waals surface area (Å²) in [5.41, 5.74) is 4.79. The number of hydrogen-bond donors (Lipinski definition) is 2. The molecular weight excluding hydrogens is 364 g/mol. The fourth-order valence-electron chi connectivity index (χ4n) is 4.04. The fourth-order valence-corrected chi connectivity index (χ4v) is 4.04. The highest BCUT2D eigenvalue weighted by atomic mass is 16.4. The third-order valence-corrected chi connectivity index (χ3v) is 5.72. The molecule has 1 aliphatic heterocycles. The standard InChI is InChI=1S/C23H32N4O2/c1-16-12-19-9-7-11-24-23(19)27-21(16)10-6-4-3-5-8-18(13-22(28)29)20-14-25-17(2)26-15-20/h12,14-15,18H,3-11,13H2,1-2H3,(H,24,27)(H,28,29)/t18-/m0/s1. The average molecular weight is 397 g/mol. The van der Waals surface area contributed by atoms with Gasteiger partial charge in [-0.3, -0.25) is 4.79 Å². The van der Waals surface area contributed by atoms with E-state index in [-0.39, 0.29) is 12.3 Å². The zero-order valence-corrected chi connectivity index (χ0v) is 17.6. The SMILES string of the molecule is Cc1ncc([C@@H](CCCCCCc2nc3c(cc2C)CCCN3)CC(=O)O)cn1. The van der Waals surface area contributed by atoms with Crippen LogP contribution in [-0.4, -0.2) is 32.6 Å². The van der Waals surface area contributed by atoms with Gasteiger partial charge in [-0.2, -0.15) is 0 Å². The lowest BCUT2D eigenvalue weighted by Gasteiger charge is -2.19. The van der Waals surface area contributed by atoms with Crippen LogP contribution < -0.4 is 5.32 Å². The minimum absolute atomic E-state index is 0.0104. The number of hydrogen-bond acceptors (Lipinski definition) is 5. The van der Waals surface area contributed by atoms with Crippen LogP contribution in [0.2, 0.25) is 0 Å². The average Bonchev–Trinajstić information content (AvgIpc) is 2.70.